The van der Waals surface area contributed by atoms with Crippen LogP contribution in [0, 0.1) is 5.82 Å². The van der Waals surface area contributed by atoms with Gasteiger partial charge in [-0.1, -0.05) is 0 Å². The number of nitrogens with zero attached hydrogens (tertiary/aromatic N) is 2. The third kappa shape index (κ3) is 5.04. The molecule has 0 amide bonds. The molecule has 21 heavy (non-hydrogen) atoms. The van der Waals surface area contributed by atoms with E-state index in [-0.39, 0.29) is 11.8 Å². The lowest BCUT2D eigenvalue weighted by Gasteiger charge is -2.06. The second-order valence-corrected chi connectivity index (χ2v) is 5.08. The molecule has 1 aromatic heterocycles. The Bertz CT molecular complexity index is 581. The molecule has 0 fully saturated rings. The summed E-state index contributed by atoms with van der Waals surface area (Å²) in [5.41, 5.74) is 0.943. The molecule has 2 rings (SSSR count). The number of hydrogen-bond donors (Lipinski definition) is 1. The first kappa shape index (κ1) is 15.8. The standard InChI is InChI=1S/C14H15BrFN3O2/c1-20-5-4-17-7-10-8-18-14(19-9-10)21-11-2-3-13(16)12(15)6-11/h2-3,6,8-9,17H,4-5,7H2,1H3. The SMILES string of the molecule is COCCNCc1cnc(Oc2ccc(F)c(Br)c2)nc1. The number of nitrogens with one attached hydrogen (secondary N) is 1. The number of aromatic nitrogens is 2. The zero-order chi connectivity index (χ0) is 15.1. The van der Waals surface area contributed by atoms with Gasteiger partial charge in [-0.05, 0) is 34.1 Å². The van der Waals surface area contributed by atoms with Crippen molar-refractivity contribution in [1.29, 1.82) is 0 Å². The molecule has 0 spiro atoms. The van der Waals surface area contributed by atoms with Crippen LogP contribution in [-0.4, -0.2) is 30.2 Å². The molecule has 1 heterocycles. The summed E-state index contributed by atoms with van der Waals surface area (Å²) in [6.07, 6.45) is 3.36. The minimum Gasteiger partial charge on any atom is -0.424 e. The van der Waals surface area contributed by atoms with Crippen molar-refractivity contribution in [3.05, 3.63) is 46.4 Å². The van der Waals surface area contributed by atoms with Crippen LogP contribution in [0.3, 0.4) is 0 Å². The van der Waals surface area contributed by atoms with E-state index < -0.39 is 0 Å². The lowest BCUT2D eigenvalue weighted by Crippen LogP contribution is -2.18. The maximum atomic E-state index is 13.1. The van der Waals surface area contributed by atoms with Crippen LogP contribution in [-0.2, 0) is 11.3 Å². The van der Waals surface area contributed by atoms with E-state index in [9.17, 15) is 4.39 Å². The van der Waals surface area contributed by atoms with Crippen LogP contribution in [0.1, 0.15) is 5.56 Å². The smallest absolute Gasteiger partial charge is 0.321 e. The fraction of sp³-hybridized carbons (Fsp3) is 0.286. The highest BCUT2D eigenvalue weighted by molar-refractivity contribution is 9.10. The van der Waals surface area contributed by atoms with E-state index in [1.807, 2.05) is 0 Å². The first-order chi connectivity index (χ1) is 10.2. The van der Waals surface area contributed by atoms with Crippen molar-refractivity contribution in [2.45, 2.75) is 6.54 Å². The van der Waals surface area contributed by atoms with Crippen molar-refractivity contribution >= 4 is 15.9 Å². The van der Waals surface area contributed by atoms with Crippen LogP contribution in [0.15, 0.2) is 35.1 Å². The van der Waals surface area contributed by atoms with E-state index in [4.69, 9.17) is 9.47 Å². The fourth-order valence-electron chi connectivity index (χ4n) is 1.54. The predicted octanol–water partition coefficient (Wildman–Crippen LogP) is 2.91. The van der Waals surface area contributed by atoms with Crippen molar-refractivity contribution in [1.82, 2.24) is 15.3 Å². The maximum Gasteiger partial charge on any atom is 0.321 e. The normalized spacial score (nSPS) is 10.6. The molecule has 0 unspecified atom stereocenters. The number of methoxy groups -OCH3 is 1. The summed E-state index contributed by atoms with van der Waals surface area (Å²) < 4.78 is 23.8. The molecule has 112 valence electrons. The van der Waals surface area contributed by atoms with Crippen LogP contribution in [0.5, 0.6) is 11.8 Å². The van der Waals surface area contributed by atoms with Crippen molar-refractivity contribution < 1.29 is 13.9 Å². The maximum absolute atomic E-state index is 13.1. The van der Waals surface area contributed by atoms with E-state index in [1.165, 1.54) is 18.2 Å². The highest BCUT2D eigenvalue weighted by atomic mass is 79.9. The molecule has 0 radical (unpaired) electrons. The van der Waals surface area contributed by atoms with Gasteiger partial charge in [-0.2, -0.15) is 0 Å². The van der Waals surface area contributed by atoms with Crippen LogP contribution < -0.4 is 10.1 Å². The quantitative estimate of drug-likeness (QED) is 0.774. The van der Waals surface area contributed by atoms with Gasteiger partial charge in [0.25, 0.3) is 0 Å². The van der Waals surface area contributed by atoms with Gasteiger partial charge in [0.2, 0.25) is 0 Å². The van der Waals surface area contributed by atoms with Crippen molar-refractivity contribution in [2.24, 2.45) is 0 Å². The second-order valence-electron chi connectivity index (χ2n) is 4.22. The zero-order valence-electron chi connectivity index (χ0n) is 11.5. The fourth-order valence-corrected chi connectivity index (χ4v) is 1.90. The zero-order valence-corrected chi connectivity index (χ0v) is 13.1. The Balaban J connectivity index is 1.91. The highest BCUT2D eigenvalue weighted by Crippen LogP contribution is 2.24. The van der Waals surface area contributed by atoms with E-state index in [0.29, 0.717) is 23.4 Å². The van der Waals surface area contributed by atoms with Crippen LogP contribution >= 0.6 is 15.9 Å². The van der Waals surface area contributed by atoms with Gasteiger partial charge in [-0.3, -0.25) is 0 Å². The summed E-state index contributed by atoms with van der Waals surface area (Å²) in [6, 6.07) is 4.57. The van der Waals surface area contributed by atoms with E-state index in [2.05, 4.69) is 31.2 Å². The lowest BCUT2D eigenvalue weighted by molar-refractivity contribution is 0.199. The number of benzene rings is 1. The van der Waals surface area contributed by atoms with Crippen LogP contribution in [0.2, 0.25) is 0 Å². The largest absolute Gasteiger partial charge is 0.424 e. The number of halogens is 2. The van der Waals surface area contributed by atoms with Gasteiger partial charge in [0.15, 0.2) is 0 Å². The van der Waals surface area contributed by atoms with Crippen LogP contribution in [0.4, 0.5) is 4.39 Å². The summed E-state index contributed by atoms with van der Waals surface area (Å²) in [6.45, 7) is 2.07. The summed E-state index contributed by atoms with van der Waals surface area (Å²) in [5, 5.41) is 3.19. The first-order valence-electron chi connectivity index (χ1n) is 6.32. The molecule has 0 aliphatic carbocycles. The second kappa shape index (κ2) is 8.02. The topological polar surface area (TPSA) is 56.3 Å². The van der Waals surface area contributed by atoms with E-state index in [1.54, 1.807) is 19.5 Å². The molecule has 0 bridgehead atoms. The summed E-state index contributed by atoms with van der Waals surface area (Å²) >= 11 is 3.10. The molecule has 1 aromatic carbocycles. The lowest BCUT2D eigenvalue weighted by atomic mass is 10.3. The molecule has 1 N–H and O–H groups in total. The number of ether oxygens (including phenoxy) is 2. The monoisotopic (exact) mass is 355 g/mol. The van der Waals surface area contributed by atoms with Crippen molar-refractivity contribution in [3.63, 3.8) is 0 Å². The number of hydrogen-bond acceptors (Lipinski definition) is 5. The molecule has 5 nitrogen and oxygen atoms in total. The molecule has 2 aromatic rings. The molecular weight excluding hydrogens is 341 g/mol. The van der Waals surface area contributed by atoms with Gasteiger partial charge in [0, 0.05) is 38.2 Å². The van der Waals surface area contributed by atoms with Gasteiger partial charge in [0.1, 0.15) is 11.6 Å². The van der Waals surface area contributed by atoms with Gasteiger partial charge in [-0.25, -0.2) is 14.4 Å². The molecule has 0 aliphatic rings. The Labute approximate surface area is 130 Å². The predicted molar refractivity (Wildman–Crippen MR) is 79.8 cm³/mol. The summed E-state index contributed by atoms with van der Waals surface area (Å²) in [7, 11) is 1.66. The Hall–Kier alpha value is -1.57. The van der Waals surface area contributed by atoms with E-state index >= 15 is 0 Å². The highest BCUT2D eigenvalue weighted by Gasteiger charge is 2.04. The molecule has 7 heteroatoms. The van der Waals surface area contributed by atoms with Crippen molar-refractivity contribution in [3.8, 4) is 11.8 Å². The Morgan fingerprint density at radius 3 is 2.71 bits per heavy atom. The molecular formula is C14H15BrFN3O2. The summed E-state index contributed by atoms with van der Waals surface area (Å²) in [4.78, 5) is 8.22. The Kier molecular flexibility index (Phi) is 6.04. The van der Waals surface area contributed by atoms with Gasteiger partial charge < -0.3 is 14.8 Å². The summed E-state index contributed by atoms with van der Waals surface area (Å²) in [5.74, 6) is 0.120. The Morgan fingerprint density at radius 1 is 1.29 bits per heavy atom. The van der Waals surface area contributed by atoms with Crippen molar-refractivity contribution in [2.75, 3.05) is 20.3 Å². The molecule has 0 saturated heterocycles. The Morgan fingerprint density at radius 2 is 2.05 bits per heavy atom. The van der Waals surface area contributed by atoms with Gasteiger partial charge in [-0.15, -0.1) is 0 Å². The number of rotatable bonds is 7. The molecule has 0 saturated carbocycles. The molecule has 0 aliphatic heterocycles. The third-order valence-electron chi connectivity index (χ3n) is 2.59. The minimum atomic E-state index is -0.347. The van der Waals surface area contributed by atoms with E-state index in [0.717, 1.165) is 12.1 Å². The third-order valence-corrected chi connectivity index (χ3v) is 3.20. The van der Waals surface area contributed by atoms with Gasteiger partial charge in [0.05, 0.1) is 11.1 Å². The molecule has 0 atom stereocenters. The first-order valence-corrected chi connectivity index (χ1v) is 7.12. The average molecular weight is 356 g/mol. The average Bonchev–Trinajstić information content (AvgIpc) is 2.49. The van der Waals surface area contributed by atoms with Crippen LogP contribution in [0.25, 0.3) is 0 Å². The van der Waals surface area contributed by atoms with Gasteiger partial charge >= 0.3 is 6.01 Å². The minimum absolute atomic E-state index is 0.217.